The Labute approximate surface area is 192 Å². The Hall–Kier alpha value is -4.14. The third-order valence-electron chi connectivity index (χ3n) is 5.79. The molecule has 2 aromatic carbocycles. The number of carbonyl (C=O) groups excluding carboxylic acids is 2. The van der Waals surface area contributed by atoms with Crippen LogP contribution in [-0.4, -0.2) is 42.2 Å². The second-order valence-electron chi connectivity index (χ2n) is 7.77. The van der Waals surface area contributed by atoms with E-state index in [9.17, 15) is 9.59 Å². The van der Waals surface area contributed by atoms with Crippen molar-refractivity contribution in [1.82, 2.24) is 9.47 Å². The van der Waals surface area contributed by atoms with Crippen molar-refractivity contribution in [2.75, 3.05) is 37.1 Å². The minimum Gasteiger partial charge on any atom is -0.493 e. The molecular formula is C24H27N5O4. The van der Waals surface area contributed by atoms with E-state index in [1.54, 1.807) is 49.5 Å². The Kier molecular flexibility index (Phi) is 6.12. The lowest BCUT2D eigenvalue weighted by atomic mass is 10.1. The summed E-state index contributed by atoms with van der Waals surface area (Å²) in [4.78, 5) is 27.5. The summed E-state index contributed by atoms with van der Waals surface area (Å²) in [6.07, 6.45) is 0.645. The van der Waals surface area contributed by atoms with Crippen molar-refractivity contribution < 1.29 is 19.1 Å². The third-order valence-corrected chi connectivity index (χ3v) is 5.79. The van der Waals surface area contributed by atoms with E-state index < -0.39 is 0 Å². The normalized spacial score (nSPS) is 12.6. The van der Waals surface area contributed by atoms with Crippen molar-refractivity contribution in [3.63, 3.8) is 0 Å². The smallest absolute Gasteiger partial charge is 0.322 e. The molecule has 1 aliphatic heterocycles. The predicted octanol–water partition coefficient (Wildman–Crippen LogP) is 3.47. The maximum atomic E-state index is 12.9. The summed E-state index contributed by atoms with van der Waals surface area (Å²) in [6.45, 7) is 0.944. The first-order valence-corrected chi connectivity index (χ1v) is 10.5. The van der Waals surface area contributed by atoms with Gasteiger partial charge in [0.2, 0.25) is 0 Å². The zero-order valence-electron chi connectivity index (χ0n) is 18.8. The van der Waals surface area contributed by atoms with Gasteiger partial charge in [0, 0.05) is 44.0 Å². The van der Waals surface area contributed by atoms with Crippen molar-refractivity contribution in [2.45, 2.75) is 13.0 Å². The van der Waals surface area contributed by atoms with Gasteiger partial charge in [-0.25, -0.2) is 4.79 Å². The number of carbonyl (C=O) groups is 2. The number of nitrogens with zero attached hydrogens (tertiary/aromatic N) is 2. The molecule has 9 nitrogen and oxygen atoms in total. The molecule has 0 fully saturated rings. The molecule has 0 saturated heterocycles. The maximum Gasteiger partial charge on any atom is 0.322 e. The summed E-state index contributed by atoms with van der Waals surface area (Å²) in [5, 5.41) is 5.77. The van der Waals surface area contributed by atoms with E-state index >= 15 is 0 Å². The van der Waals surface area contributed by atoms with E-state index in [4.69, 9.17) is 15.2 Å². The molecule has 0 atom stereocenters. The SMILES string of the molecule is COc1ccc(NC(=O)N2CCc3c(cc(C(=O)Nc4ccccc4N)n3C)C2)cc1OC. The Morgan fingerprint density at radius 1 is 1.00 bits per heavy atom. The number of hydrogen-bond donors (Lipinski definition) is 3. The second-order valence-corrected chi connectivity index (χ2v) is 7.77. The topological polar surface area (TPSA) is 111 Å². The number of ether oxygens (including phenoxy) is 2. The van der Waals surface area contributed by atoms with Gasteiger partial charge in [-0.15, -0.1) is 0 Å². The molecule has 2 heterocycles. The van der Waals surface area contributed by atoms with E-state index in [2.05, 4.69) is 10.6 Å². The van der Waals surface area contributed by atoms with Gasteiger partial charge >= 0.3 is 6.03 Å². The molecule has 0 aliphatic carbocycles. The van der Waals surface area contributed by atoms with Crippen LogP contribution < -0.4 is 25.8 Å². The van der Waals surface area contributed by atoms with E-state index in [1.165, 1.54) is 0 Å². The summed E-state index contributed by atoms with van der Waals surface area (Å²) >= 11 is 0. The van der Waals surface area contributed by atoms with Crippen LogP contribution in [0.15, 0.2) is 48.5 Å². The number of fused-ring (bicyclic) bond motifs is 1. The highest BCUT2D eigenvalue weighted by molar-refractivity contribution is 6.05. The van der Waals surface area contributed by atoms with Crippen LogP contribution in [0.25, 0.3) is 0 Å². The summed E-state index contributed by atoms with van der Waals surface area (Å²) in [7, 11) is 4.97. The number of amides is 3. The number of nitrogens with one attached hydrogen (secondary N) is 2. The van der Waals surface area contributed by atoms with Gasteiger partial charge in [-0.3, -0.25) is 4.79 Å². The quantitative estimate of drug-likeness (QED) is 0.517. The summed E-state index contributed by atoms with van der Waals surface area (Å²) in [5.74, 6) is 0.880. The second kappa shape index (κ2) is 9.15. The number of anilines is 3. The lowest BCUT2D eigenvalue weighted by molar-refractivity contribution is 0.101. The molecule has 33 heavy (non-hydrogen) atoms. The van der Waals surface area contributed by atoms with Crippen molar-refractivity contribution in [3.8, 4) is 11.5 Å². The van der Waals surface area contributed by atoms with E-state index in [1.807, 2.05) is 29.8 Å². The van der Waals surface area contributed by atoms with Gasteiger partial charge in [0.05, 0.1) is 25.6 Å². The Morgan fingerprint density at radius 3 is 2.48 bits per heavy atom. The van der Waals surface area contributed by atoms with Crippen LogP contribution in [0.5, 0.6) is 11.5 Å². The number of urea groups is 1. The molecule has 9 heteroatoms. The molecule has 172 valence electrons. The van der Waals surface area contributed by atoms with E-state index in [0.29, 0.717) is 53.8 Å². The fraction of sp³-hybridized carbons (Fsp3) is 0.250. The van der Waals surface area contributed by atoms with Crippen LogP contribution in [-0.2, 0) is 20.0 Å². The van der Waals surface area contributed by atoms with Crippen LogP contribution >= 0.6 is 0 Å². The minimum atomic E-state index is -0.244. The van der Waals surface area contributed by atoms with Gasteiger partial charge < -0.3 is 35.3 Å². The van der Waals surface area contributed by atoms with Crippen LogP contribution in [0.4, 0.5) is 21.9 Å². The molecule has 0 saturated carbocycles. The molecule has 0 bridgehead atoms. The van der Waals surface area contributed by atoms with Crippen LogP contribution in [0.1, 0.15) is 21.7 Å². The van der Waals surface area contributed by atoms with Crippen LogP contribution in [0.2, 0.25) is 0 Å². The van der Waals surface area contributed by atoms with Gasteiger partial charge in [0.15, 0.2) is 11.5 Å². The first-order chi connectivity index (χ1) is 15.9. The highest BCUT2D eigenvalue weighted by Gasteiger charge is 2.26. The van der Waals surface area contributed by atoms with Crippen molar-refractivity contribution in [3.05, 3.63) is 65.5 Å². The zero-order chi connectivity index (χ0) is 23.5. The fourth-order valence-electron chi connectivity index (χ4n) is 4.00. The standard InChI is InChI=1S/C24H27N5O4/c1-28-19-10-11-29(24(31)26-16-8-9-21(32-2)22(13-16)33-3)14-15(19)12-20(28)23(30)27-18-7-5-4-6-17(18)25/h4-9,12-13H,10-11,14,25H2,1-3H3,(H,26,31)(H,27,30). The Morgan fingerprint density at radius 2 is 1.76 bits per heavy atom. The van der Waals surface area contributed by atoms with Gasteiger partial charge in [-0.1, -0.05) is 12.1 Å². The average Bonchev–Trinajstić information content (AvgIpc) is 3.16. The highest BCUT2D eigenvalue weighted by atomic mass is 16.5. The highest BCUT2D eigenvalue weighted by Crippen LogP contribution is 2.30. The van der Waals surface area contributed by atoms with Crippen LogP contribution in [0, 0.1) is 0 Å². The van der Waals surface area contributed by atoms with Crippen molar-refractivity contribution in [1.29, 1.82) is 0 Å². The van der Waals surface area contributed by atoms with Crippen LogP contribution in [0.3, 0.4) is 0 Å². The lowest BCUT2D eigenvalue weighted by Crippen LogP contribution is -2.39. The number of hydrogen-bond acceptors (Lipinski definition) is 5. The van der Waals surface area contributed by atoms with Gasteiger partial charge in [0.25, 0.3) is 5.91 Å². The molecule has 3 aromatic rings. The van der Waals surface area contributed by atoms with Gasteiger partial charge in [0.1, 0.15) is 5.69 Å². The summed E-state index contributed by atoms with van der Waals surface area (Å²) < 4.78 is 12.4. The summed E-state index contributed by atoms with van der Waals surface area (Å²) in [6, 6.07) is 14.0. The number of methoxy groups -OCH3 is 2. The van der Waals surface area contributed by atoms with Crippen molar-refractivity contribution >= 4 is 29.0 Å². The molecule has 4 rings (SSSR count). The third kappa shape index (κ3) is 4.43. The Balaban J connectivity index is 1.47. The van der Waals surface area contributed by atoms with Crippen molar-refractivity contribution in [2.24, 2.45) is 7.05 Å². The number of nitrogens with two attached hydrogens (primary N) is 1. The van der Waals surface area contributed by atoms with E-state index in [-0.39, 0.29) is 11.9 Å². The molecule has 0 spiro atoms. The number of para-hydroxylation sites is 2. The Bertz CT molecular complexity index is 1200. The molecule has 1 aromatic heterocycles. The first kappa shape index (κ1) is 22.1. The van der Waals surface area contributed by atoms with Gasteiger partial charge in [-0.2, -0.15) is 0 Å². The predicted molar refractivity (Wildman–Crippen MR) is 127 cm³/mol. The first-order valence-electron chi connectivity index (χ1n) is 10.5. The maximum absolute atomic E-state index is 12.9. The minimum absolute atomic E-state index is 0.222. The van der Waals surface area contributed by atoms with E-state index in [0.717, 1.165) is 11.3 Å². The average molecular weight is 450 g/mol. The monoisotopic (exact) mass is 449 g/mol. The molecule has 0 unspecified atom stereocenters. The number of benzene rings is 2. The number of rotatable bonds is 5. The number of aromatic nitrogens is 1. The zero-order valence-corrected chi connectivity index (χ0v) is 18.8. The molecule has 0 radical (unpaired) electrons. The molecule has 4 N–H and O–H groups in total. The molecule has 3 amide bonds. The molecular weight excluding hydrogens is 422 g/mol. The van der Waals surface area contributed by atoms with Gasteiger partial charge in [-0.05, 0) is 35.9 Å². The lowest BCUT2D eigenvalue weighted by Gasteiger charge is -2.28. The summed E-state index contributed by atoms with van der Waals surface area (Å²) in [5.41, 5.74) is 10.1. The number of nitrogen functional groups attached to an aromatic ring is 1. The molecule has 1 aliphatic rings. The largest absolute Gasteiger partial charge is 0.493 e. The fourth-order valence-corrected chi connectivity index (χ4v) is 4.00.